The van der Waals surface area contributed by atoms with Crippen LogP contribution >= 0.6 is 11.3 Å². The molecular formula is C21H25N3O2S. The summed E-state index contributed by atoms with van der Waals surface area (Å²) < 4.78 is 0. The Morgan fingerprint density at radius 3 is 2.96 bits per heavy atom. The molecular weight excluding hydrogens is 358 g/mol. The number of likely N-dealkylation sites (tertiary alicyclic amines) is 1. The fraction of sp³-hybridized carbons (Fsp3) is 0.476. The standard InChI is InChI=1S/C21H25N3O2S/c22-21-6-7-24(11-13-1-2-13)18(9-14-3-4-16(25)10-17(14)21)19(21)23-20(26)15-5-8-27-12-15/h3-5,8,10,12-13,18-19,25H,1-2,6-7,9,11,22H2,(H,23,26). The molecule has 3 aliphatic rings. The number of hydrogen-bond acceptors (Lipinski definition) is 5. The molecule has 1 amide bonds. The number of thiophene rings is 1. The van der Waals surface area contributed by atoms with Crippen molar-refractivity contribution in [3.8, 4) is 5.75 Å². The average molecular weight is 384 g/mol. The molecule has 1 saturated heterocycles. The number of benzene rings is 1. The average Bonchev–Trinajstić information content (AvgIpc) is 3.29. The molecule has 5 rings (SSSR count). The van der Waals surface area contributed by atoms with Crippen LogP contribution in [0.1, 0.15) is 40.7 Å². The first kappa shape index (κ1) is 17.2. The number of rotatable bonds is 4. The van der Waals surface area contributed by atoms with Gasteiger partial charge in [0, 0.05) is 30.1 Å². The van der Waals surface area contributed by atoms with Crippen LogP contribution in [-0.4, -0.2) is 41.1 Å². The van der Waals surface area contributed by atoms with Crippen LogP contribution in [0, 0.1) is 5.92 Å². The number of phenols is 1. The first-order valence-corrected chi connectivity index (χ1v) is 10.7. The molecule has 2 fully saturated rings. The molecule has 4 N–H and O–H groups in total. The highest BCUT2D eigenvalue weighted by molar-refractivity contribution is 7.08. The monoisotopic (exact) mass is 383 g/mol. The minimum Gasteiger partial charge on any atom is -0.508 e. The largest absolute Gasteiger partial charge is 0.508 e. The number of phenolic OH excluding ortho intramolecular Hbond substituents is 1. The third-order valence-electron chi connectivity index (χ3n) is 6.51. The van der Waals surface area contributed by atoms with E-state index in [1.54, 1.807) is 12.1 Å². The van der Waals surface area contributed by atoms with E-state index in [9.17, 15) is 9.90 Å². The summed E-state index contributed by atoms with van der Waals surface area (Å²) in [4.78, 5) is 15.4. The van der Waals surface area contributed by atoms with E-state index >= 15 is 0 Å². The predicted molar refractivity (Wildman–Crippen MR) is 106 cm³/mol. The Bertz CT molecular complexity index is 864. The third kappa shape index (κ3) is 2.96. The van der Waals surface area contributed by atoms with Crippen LogP contribution in [0.5, 0.6) is 5.75 Å². The number of fused-ring (bicyclic) bond motifs is 4. The number of carbonyl (C=O) groups excluding carboxylic acids is 1. The molecule has 1 saturated carbocycles. The van der Waals surface area contributed by atoms with E-state index in [0.717, 1.165) is 37.4 Å². The molecule has 6 heteroatoms. The summed E-state index contributed by atoms with van der Waals surface area (Å²) >= 11 is 1.52. The minimum absolute atomic E-state index is 0.0575. The van der Waals surface area contributed by atoms with Crippen molar-refractivity contribution < 1.29 is 9.90 Å². The second-order valence-electron chi connectivity index (χ2n) is 8.30. The van der Waals surface area contributed by atoms with Crippen LogP contribution in [0.2, 0.25) is 0 Å². The van der Waals surface area contributed by atoms with Crippen molar-refractivity contribution in [2.45, 2.75) is 43.3 Å². The van der Waals surface area contributed by atoms with E-state index in [1.807, 2.05) is 22.9 Å². The maximum absolute atomic E-state index is 12.8. The van der Waals surface area contributed by atoms with Gasteiger partial charge < -0.3 is 16.2 Å². The van der Waals surface area contributed by atoms with Crippen LogP contribution in [-0.2, 0) is 12.0 Å². The Labute approximate surface area is 163 Å². The van der Waals surface area contributed by atoms with Crippen LogP contribution in [0.4, 0.5) is 0 Å². The van der Waals surface area contributed by atoms with Crippen molar-refractivity contribution in [3.05, 3.63) is 51.7 Å². The summed E-state index contributed by atoms with van der Waals surface area (Å²) in [6.07, 6.45) is 4.26. The summed E-state index contributed by atoms with van der Waals surface area (Å²) in [5.41, 5.74) is 9.21. The van der Waals surface area contributed by atoms with Gasteiger partial charge in [0.1, 0.15) is 5.75 Å². The number of nitrogens with zero attached hydrogens (tertiary/aromatic N) is 1. The van der Waals surface area contributed by atoms with Crippen molar-refractivity contribution in [2.24, 2.45) is 11.7 Å². The highest BCUT2D eigenvalue weighted by Gasteiger charge is 2.52. The maximum Gasteiger partial charge on any atom is 0.252 e. The van der Waals surface area contributed by atoms with Gasteiger partial charge in [-0.3, -0.25) is 9.69 Å². The maximum atomic E-state index is 12.8. The lowest BCUT2D eigenvalue weighted by atomic mass is 9.66. The summed E-state index contributed by atoms with van der Waals surface area (Å²) in [5, 5.41) is 17.1. The molecule has 1 aromatic heterocycles. The van der Waals surface area contributed by atoms with Crippen molar-refractivity contribution in [2.75, 3.05) is 13.1 Å². The molecule has 3 atom stereocenters. The summed E-state index contributed by atoms with van der Waals surface area (Å²) in [6, 6.07) is 7.43. The second-order valence-corrected chi connectivity index (χ2v) is 9.08. The molecule has 2 aromatic rings. The number of carbonyl (C=O) groups is 1. The number of piperidine rings is 1. The molecule has 2 aliphatic carbocycles. The van der Waals surface area contributed by atoms with Gasteiger partial charge in [-0.15, -0.1) is 0 Å². The van der Waals surface area contributed by atoms with Gasteiger partial charge in [-0.05, 0) is 66.3 Å². The zero-order chi connectivity index (χ0) is 18.6. The van der Waals surface area contributed by atoms with Gasteiger partial charge in [0.15, 0.2) is 0 Å². The molecule has 0 radical (unpaired) electrons. The van der Waals surface area contributed by atoms with Gasteiger partial charge in [-0.2, -0.15) is 11.3 Å². The number of aromatic hydroxyl groups is 1. The van der Waals surface area contributed by atoms with Gasteiger partial charge in [0.05, 0.1) is 11.6 Å². The Balaban J connectivity index is 1.52. The Hall–Kier alpha value is -1.89. The molecule has 0 spiro atoms. The first-order valence-electron chi connectivity index (χ1n) is 9.73. The number of nitrogens with two attached hydrogens (primary N) is 1. The lowest BCUT2D eigenvalue weighted by Crippen LogP contribution is -2.72. The van der Waals surface area contributed by atoms with E-state index in [0.29, 0.717) is 5.56 Å². The third-order valence-corrected chi connectivity index (χ3v) is 7.19. The predicted octanol–water partition coefficient (Wildman–Crippen LogP) is 2.45. The Kier molecular flexibility index (Phi) is 4.04. The van der Waals surface area contributed by atoms with E-state index in [4.69, 9.17) is 5.73 Å². The van der Waals surface area contributed by atoms with Crippen LogP contribution in [0.15, 0.2) is 35.0 Å². The van der Waals surface area contributed by atoms with E-state index < -0.39 is 5.54 Å². The van der Waals surface area contributed by atoms with Gasteiger partial charge in [-0.1, -0.05) is 6.07 Å². The lowest BCUT2D eigenvalue weighted by Gasteiger charge is -2.55. The summed E-state index contributed by atoms with van der Waals surface area (Å²) in [6.45, 7) is 2.04. The zero-order valence-corrected chi connectivity index (χ0v) is 16.0. The SMILES string of the molecule is NC12CCN(CC3CC3)C(Cc3ccc(O)cc31)C2NC(=O)c1ccsc1. The van der Waals surface area contributed by atoms with E-state index in [2.05, 4.69) is 10.2 Å². The number of hydrogen-bond donors (Lipinski definition) is 3. The first-order chi connectivity index (χ1) is 13.0. The number of amides is 1. The van der Waals surface area contributed by atoms with E-state index in [1.165, 1.54) is 29.7 Å². The Morgan fingerprint density at radius 2 is 2.22 bits per heavy atom. The van der Waals surface area contributed by atoms with Gasteiger partial charge in [0.2, 0.25) is 0 Å². The van der Waals surface area contributed by atoms with E-state index in [-0.39, 0.29) is 23.7 Å². The summed E-state index contributed by atoms with van der Waals surface area (Å²) in [5.74, 6) is 0.975. The van der Waals surface area contributed by atoms with Crippen LogP contribution in [0.3, 0.4) is 0 Å². The molecule has 3 unspecified atom stereocenters. The van der Waals surface area contributed by atoms with Crippen molar-refractivity contribution in [1.82, 2.24) is 10.2 Å². The van der Waals surface area contributed by atoms with Crippen molar-refractivity contribution in [3.63, 3.8) is 0 Å². The molecule has 1 aromatic carbocycles. The quantitative estimate of drug-likeness (QED) is 0.758. The highest BCUT2D eigenvalue weighted by atomic mass is 32.1. The molecule has 27 heavy (non-hydrogen) atoms. The van der Waals surface area contributed by atoms with Crippen LogP contribution in [0.25, 0.3) is 0 Å². The minimum atomic E-state index is -0.650. The van der Waals surface area contributed by atoms with Gasteiger partial charge in [0.25, 0.3) is 5.91 Å². The summed E-state index contributed by atoms with van der Waals surface area (Å²) in [7, 11) is 0. The van der Waals surface area contributed by atoms with Gasteiger partial charge in [-0.25, -0.2) is 0 Å². The molecule has 2 heterocycles. The topological polar surface area (TPSA) is 78.6 Å². The smallest absolute Gasteiger partial charge is 0.252 e. The molecule has 1 aliphatic heterocycles. The van der Waals surface area contributed by atoms with Crippen molar-refractivity contribution >= 4 is 17.2 Å². The highest BCUT2D eigenvalue weighted by Crippen LogP contribution is 2.44. The zero-order valence-electron chi connectivity index (χ0n) is 15.2. The molecule has 5 nitrogen and oxygen atoms in total. The van der Waals surface area contributed by atoms with Gasteiger partial charge >= 0.3 is 0 Å². The fourth-order valence-corrected chi connectivity index (χ4v) is 5.49. The van der Waals surface area contributed by atoms with Crippen molar-refractivity contribution in [1.29, 1.82) is 0 Å². The Morgan fingerprint density at radius 1 is 1.37 bits per heavy atom. The molecule has 2 bridgehead atoms. The second kappa shape index (κ2) is 6.33. The lowest BCUT2D eigenvalue weighted by molar-refractivity contribution is 0.0349. The van der Waals surface area contributed by atoms with Crippen LogP contribution < -0.4 is 11.1 Å². The number of nitrogens with one attached hydrogen (secondary N) is 1. The normalized spacial score (nSPS) is 30.0. The molecule has 142 valence electrons. The fourth-order valence-electron chi connectivity index (χ4n) is 4.86.